The van der Waals surface area contributed by atoms with Crippen LogP contribution in [-0.4, -0.2) is 45.9 Å². The number of phenolic OH excluding ortho intramolecular Hbond substituents is 1. The standard InChI is InChI=1S/C19H14N4O8S2/c1-2-9-21-18(25)17(11-12-10-14(23(28)29)5-8-16(12)24)32-19(21)20-33(30,31)15-6-3-13(4-7-15)22(26)27/h2-8,10-11,24H,1,9H2/b17-11+,20-19-. The molecule has 0 atom stereocenters. The third-order valence-corrected chi connectivity index (χ3v) is 6.66. The number of nitrogens with zero attached hydrogens (tertiary/aromatic N) is 4. The number of sulfonamides is 1. The zero-order chi connectivity index (χ0) is 24.3. The van der Waals surface area contributed by atoms with E-state index in [4.69, 9.17) is 0 Å². The van der Waals surface area contributed by atoms with Gasteiger partial charge >= 0.3 is 0 Å². The fourth-order valence-electron chi connectivity index (χ4n) is 2.67. The number of hydrogen-bond donors (Lipinski definition) is 1. The number of carbonyl (C=O) groups excluding carboxylic acids is 1. The first-order chi connectivity index (χ1) is 15.5. The molecule has 0 aromatic heterocycles. The zero-order valence-corrected chi connectivity index (χ0v) is 18.2. The number of phenols is 1. The summed E-state index contributed by atoms with van der Waals surface area (Å²) in [5, 5.41) is 31.6. The summed E-state index contributed by atoms with van der Waals surface area (Å²) >= 11 is 0.686. The molecule has 0 bridgehead atoms. The molecular formula is C19H14N4O8S2. The Morgan fingerprint density at radius 2 is 1.70 bits per heavy atom. The van der Waals surface area contributed by atoms with Gasteiger partial charge in [0.05, 0.1) is 19.6 Å². The molecular weight excluding hydrogens is 476 g/mol. The molecule has 0 saturated carbocycles. The minimum absolute atomic E-state index is 0.0157. The highest BCUT2D eigenvalue weighted by Gasteiger charge is 2.34. The highest BCUT2D eigenvalue weighted by atomic mass is 32.2. The second-order valence-electron chi connectivity index (χ2n) is 6.42. The highest BCUT2D eigenvalue weighted by molar-refractivity contribution is 8.19. The predicted octanol–water partition coefficient (Wildman–Crippen LogP) is 3.06. The van der Waals surface area contributed by atoms with E-state index < -0.39 is 25.8 Å². The first kappa shape index (κ1) is 23.6. The topological polar surface area (TPSA) is 173 Å². The lowest BCUT2D eigenvalue weighted by atomic mass is 10.1. The van der Waals surface area contributed by atoms with E-state index >= 15 is 0 Å². The van der Waals surface area contributed by atoms with Gasteiger partial charge in [0.2, 0.25) is 0 Å². The Morgan fingerprint density at radius 3 is 2.27 bits per heavy atom. The Labute approximate surface area is 190 Å². The SMILES string of the molecule is C=CCN1C(=O)/C(=C\c2cc([N+](=O)[O-])ccc2O)S/C1=N\S(=O)(=O)c1ccc([N+](=O)[O-])cc1. The molecule has 1 amide bonds. The number of hydrogen-bond acceptors (Lipinski definition) is 9. The van der Waals surface area contributed by atoms with Crippen LogP contribution in [-0.2, 0) is 14.8 Å². The van der Waals surface area contributed by atoms with Gasteiger partial charge in [0.1, 0.15) is 5.75 Å². The van der Waals surface area contributed by atoms with Gasteiger partial charge in [0.25, 0.3) is 27.3 Å². The van der Waals surface area contributed by atoms with E-state index in [-0.39, 0.29) is 44.2 Å². The van der Waals surface area contributed by atoms with Crippen molar-refractivity contribution in [1.82, 2.24) is 4.90 Å². The van der Waals surface area contributed by atoms with Crippen molar-refractivity contribution in [3.63, 3.8) is 0 Å². The van der Waals surface area contributed by atoms with Gasteiger partial charge in [0.15, 0.2) is 5.17 Å². The van der Waals surface area contributed by atoms with Gasteiger partial charge in [-0.3, -0.25) is 29.9 Å². The fraction of sp³-hybridized carbons (Fsp3) is 0.0526. The molecule has 170 valence electrons. The fourth-order valence-corrected chi connectivity index (χ4v) is 4.85. The number of aromatic hydroxyl groups is 1. The van der Waals surface area contributed by atoms with Gasteiger partial charge in [-0.25, -0.2) is 0 Å². The van der Waals surface area contributed by atoms with Crippen LogP contribution in [0.1, 0.15) is 5.56 Å². The molecule has 12 nitrogen and oxygen atoms in total. The first-order valence-corrected chi connectivity index (χ1v) is 11.2. The van der Waals surface area contributed by atoms with Crippen molar-refractivity contribution in [3.05, 3.63) is 85.8 Å². The van der Waals surface area contributed by atoms with Gasteiger partial charge in [-0.05, 0) is 36.0 Å². The van der Waals surface area contributed by atoms with Crippen LogP contribution in [0.15, 0.2) is 69.3 Å². The molecule has 14 heteroatoms. The Hall–Kier alpha value is -4.04. The Bertz CT molecular complexity index is 1330. The van der Waals surface area contributed by atoms with Gasteiger partial charge in [-0.2, -0.15) is 8.42 Å². The molecule has 1 fully saturated rings. The Kier molecular flexibility index (Phi) is 6.60. The molecule has 2 aromatic rings. The normalized spacial score (nSPS) is 16.4. The third-order valence-electron chi connectivity index (χ3n) is 4.25. The van der Waals surface area contributed by atoms with E-state index in [1.54, 1.807) is 0 Å². The van der Waals surface area contributed by atoms with Crippen molar-refractivity contribution in [2.75, 3.05) is 6.54 Å². The monoisotopic (exact) mass is 490 g/mol. The lowest BCUT2D eigenvalue weighted by Crippen LogP contribution is -2.29. The van der Waals surface area contributed by atoms with Crippen molar-refractivity contribution >= 4 is 50.3 Å². The average Bonchev–Trinajstić information content (AvgIpc) is 3.03. The molecule has 1 aliphatic heterocycles. The minimum atomic E-state index is -4.33. The summed E-state index contributed by atoms with van der Waals surface area (Å²) in [4.78, 5) is 33.9. The van der Waals surface area contributed by atoms with Crippen LogP contribution in [0.2, 0.25) is 0 Å². The number of nitro groups is 2. The van der Waals surface area contributed by atoms with E-state index in [1.165, 1.54) is 12.2 Å². The summed E-state index contributed by atoms with van der Waals surface area (Å²) < 4.78 is 29.1. The van der Waals surface area contributed by atoms with Crippen LogP contribution in [0.4, 0.5) is 11.4 Å². The number of amidine groups is 1. The summed E-state index contributed by atoms with van der Waals surface area (Å²) in [6.07, 6.45) is 2.53. The number of amides is 1. The smallest absolute Gasteiger partial charge is 0.284 e. The van der Waals surface area contributed by atoms with E-state index in [0.717, 1.165) is 47.4 Å². The number of thioether (sulfide) groups is 1. The van der Waals surface area contributed by atoms with Crippen LogP contribution in [0, 0.1) is 20.2 Å². The lowest BCUT2D eigenvalue weighted by Gasteiger charge is -2.12. The van der Waals surface area contributed by atoms with Gasteiger partial charge in [-0.15, -0.1) is 11.0 Å². The molecule has 1 N–H and O–H groups in total. The maximum atomic E-state index is 12.8. The summed E-state index contributed by atoms with van der Waals surface area (Å²) in [7, 11) is -4.33. The predicted molar refractivity (Wildman–Crippen MR) is 120 cm³/mol. The van der Waals surface area contributed by atoms with Crippen LogP contribution < -0.4 is 0 Å². The van der Waals surface area contributed by atoms with Crippen LogP contribution in [0.3, 0.4) is 0 Å². The van der Waals surface area contributed by atoms with Crippen molar-refractivity contribution in [2.24, 2.45) is 4.40 Å². The maximum Gasteiger partial charge on any atom is 0.284 e. The maximum absolute atomic E-state index is 12.8. The average molecular weight is 490 g/mol. The molecule has 1 aliphatic rings. The van der Waals surface area contributed by atoms with E-state index in [9.17, 15) is 38.5 Å². The quantitative estimate of drug-likeness (QED) is 0.265. The number of carbonyl (C=O) groups is 1. The summed E-state index contributed by atoms with van der Waals surface area (Å²) in [5.74, 6) is -0.968. The van der Waals surface area contributed by atoms with Gasteiger partial charge in [0, 0.05) is 36.4 Å². The molecule has 0 unspecified atom stereocenters. The Morgan fingerprint density at radius 1 is 1.09 bits per heavy atom. The number of rotatable bonds is 7. The zero-order valence-electron chi connectivity index (χ0n) is 16.5. The van der Waals surface area contributed by atoms with E-state index in [2.05, 4.69) is 11.0 Å². The molecule has 0 radical (unpaired) electrons. The third kappa shape index (κ3) is 5.07. The van der Waals surface area contributed by atoms with Crippen LogP contribution in [0.25, 0.3) is 6.08 Å². The molecule has 0 spiro atoms. The van der Waals surface area contributed by atoms with Crippen molar-refractivity contribution < 1.29 is 28.2 Å². The number of non-ortho nitro benzene ring substituents is 2. The number of benzene rings is 2. The largest absolute Gasteiger partial charge is 0.507 e. The van der Waals surface area contributed by atoms with Gasteiger partial charge < -0.3 is 5.11 Å². The lowest BCUT2D eigenvalue weighted by molar-refractivity contribution is -0.385. The second kappa shape index (κ2) is 9.22. The van der Waals surface area contributed by atoms with E-state index in [1.807, 2.05) is 0 Å². The molecule has 33 heavy (non-hydrogen) atoms. The van der Waals surface area contributed by atoms with Crippen molar-refractivity contribution in [3.8, 4) is 5.75 Å². The Balaban J connectivity index is 2.01. The molecule has 1 heterocycles. The van der Waals surface area contributed by atoms with Crippen molar-refractivity contribution in [2.45, 2.75) is 4.90 Å². The second-order valence-corrected chi connectivity index (χ2v) is 9.03. The summed E-state index contributed by atoms with van der Waals surface area (Å²) in [6, 6.07) is 7.33. The summed E-state index contributed by atoms with van der Waals surface area (Å²) in [5.41, 5.74) is -0.631. The van der Waals surface area contributed by atoms with Gasteiger partial charge in [-0.1, -0.05) is 6.08 Å². The van der Waals surface area contributed by atoms with E-state index in [0.29, 0.717) is 11.8 Å². The van der Waals surface area contributed by atoms with Crippen LogP contribution in [0.5, 0.6) is 5.75 Å². The first-order valence-electron chi connectivity index (χ1n) is 8.92. The molecule has 0 aliphatic carbocycles. The summed E-state index contributed by atoms with van der Waals surface area (Å²) in [6.45, 7) is 3.44. The van der Waals surface area contributed by atoms with Crippen LogP contribution >= 0.6 is 11.8 Å². The molecule has 3 rings (SSSR count). The highest BCUT2D eigenvalue weighted by Crippen LogP contribution is 2.36. The molecule has 2 aromatic carbocycles. The molecule has 1 saturated heterocycles. The number of nitro benzene ring substituents is 2. The van der Waals surface area contributed by atoms with Crippen molar-refractivity contribution in [1.29, 1.82) is 0 Å². The minimum Gasteiger partial charge on any atom is -0.507 e.